The van der Waals surface area contributed by atoms with Crippen molar-refractivity contribution in [2.75, 3.05) is 19.7 Å². The number of hydrogen-bond donors (Lipinski definition) is 0. The predicted molar refractivity (Wildman–Crippen MR) is 98.3 cm³/mol. The van der Waals surface area contributed by atoms with E-state index in [1.54, 1.807) is 16.5 Å². The number of ether oxygens (including phenoxy) is 1. The van der Waals surface area contributed by atoms with Crippen LogP contribution in [0.2, 0.25) is 0 Å². The first-order valence-corrected chi connectivity index (χ1v) is 9.04. The number of esters is 1. The molecule has 0 bridgehead atoms. The first-order valence-electron chi connectivity index (χ1n) is 9.04. The van der Waals surface area contributed by atoms with Crippen molar-refractivity contribution >= 4 is 11.9 Å². The molecule has 1 aromatic carbocycles. The maximum Gasteiger partial charge on any atom is 0.342 e. The molecule has 0 aliphatic carbocycles. The summed E-state index contributed by atoms with van der Waals surface area (Å²) in [4.78, 5) is 26.6. The van der Waals surface area contributed by atoms with Crippen LogP contribution in [0.5, 0.6) is 0 Å². The fourth-order valence-corrected chi connectivity index (χ4v) is 3.47. The minimum absolute atomic E-state index is 0.129. The first kappa shape index (κ1) is 18.2. The number of carbonyl (C=O) groups is 2. The molecular formula is C20H25N3O3. The molecular weight excluding hydrogens is 330 g/mol. The molecule has 1 aromatic heterocycles. The van der Waals surface area contributed by atoms with Gasteiger partial charge in [-0.1, -0.05) is 25.1 Å². The van der Waals surface area contributed by atoms with Crippen LogP contribution >= 0.6 is 0 Å². The minimum atomic E-state index is -0.499. The van der Waals surface area contributed by atoms with Crippen LogP contribution in [0.25, 0.3) is 5.69 Å². The van der Waals surface area contributed by atoms with E-state index in [1.165, 1.54) is 0 Å². The summed E-state index contributed by atoms with van der Waals surface area (Å²) in [5.41, 5.74) is 2.60. The van der Waals surface area contributed by atoms with E-state index in [1.807, 2.05) is 37.3 Å². The van der Waals surface area contributed by atoms with Gasteiger partial charge in [-0.15, -0.1) is 0 Å². The molecule has 1 fully saturated rings. The average Bonchev–Trinajstić information content (AvgIpc) is 2.94. The van der Waals surface area contributed by atoms with Gasteiger partial charge in [0.05, 0.1) is 17.1 Å². The van der Waals surface area contributed by atoms with Crippen LogP contribution < -0.4 is 0 Å². The molecule has 1 saturated heterocycles. The highest BCUT2D eigenvalue weighted by molar-refractivity contribution is 5.93. The lowest BCUT2D eigenvalue weighted by molar-refractivity contribution is -0.136. The zero-order valence-corrected chi connectivity index (χ0v) is 15.6. The number of rotatable bonds is 4. The molecule has 0 radical (unpaired) electrons. The number of aryl methyl sites for hydroxylation is 1. The standard InChI is InChI=1S/C20H25N3O3/c1-14-8-7-11-22(12-14)18(24)13-26-20(25)19-15(2)21-23(16(19)3)17-9-5-4-6-10-17/h4-6,9-10,14H,7-8,11-13H2,1-3H3/t14-/m1/s1. The van der Waals surface area contributed by atoms with Gasteiger partial charge in [0.2, 0.25) is 0 Å². The number of hydrogen-bond acceptors (Lipinski definition) is 4. The molecule has 1 aliphatic heterocycles. The quantitative estimate of drug-likeness (QED) is 0.791. The van der Waals surface area contributed by atoms with Gasteiger partial charge in [-0.3, -0.25) is 4.79 Å². The smallest absolute Gasteiger partial charge is 0.342 e. The number of aromatic nitrogens is 2. The van der Waals surface area contributed by atoms with Crippen LogP contribution in [0, 0.1) is 19.8 Å². The lowest BCUT2D eigenvalue weighted by atomic mass is 10.0. The second-order valence-electron chi connectivity index (χ2n) is 6.96. The summed E-state index contributed by atoms with van der Waals surface area (Å²) in [6, 6.07) is 9.62. The van der Waals surface area contributed by atoms with Gasteiger partial charge in [-0.25, -0.2) is 9.48 Å². The minimum Gasteiger partial charge on any atom is -0.452 e. The highest BCUT2D eigenvalue weighted by atomic mass is 16.5. The summed E-state index contributed by atoms with van der Waals surface area (Å²) in [6.07, 6.45) is 2.14. The van der Waals surface area contributed by atoms with Crippen molar-refractivity contribution in [2.24, 2.45) is 5.92 Å². The molecule has 0 unspecified atom stereocenters. The predicted octanol–water partition coefficient (Wildman–Crippen LogP) is 2.90. The van der Waals surface area contributed by atoms with E-state index >= 15 is 0 Å². The summed E-state index contributed by atoms with van der Waals surface area (Å²) in [5.74, 6) is -0.131. The Hall–Kier alpha value is -2.63. The Bertz CT molecular complexity index is 798. The maximum atomic E-state index is 12.5. The van der Waals surface area contributed by atoms with Gasteiger partial charge in [0.15, 0.2) is 6.61 Å². The number of nitrogens with zero attached hydrogens (tertiary/aromatic N) is 3. The van der Waals surface area contributed by atoms with Crippen molar-refractivity contribution in [2.45, 2.75) is 33.6 Å². The summed E-state index contributed by atoms with van der Waals surface area (Å²) >= 11 is 0. The molecule has 0 spiro atoms. The van der Waals surface area contributed by atoms with E-state index in [9.17, 15) is 9.59 Å². The highest BCUT2D eigenvalue weighted by Crippen LogP contribution is 2.19. The normalized spacial score (nSPS) is 17.2. The molecule has 0 saturated carbocycles. The third-order valence-electron chi connectivity index (χ3n) is 4.83. The van der Waals surface area contributed by atoms with E-state index in [4.69, 9.17) is 4.74 Å². The van der Waals surface area contributed by atoms with Gasteiger partial charge < -0.3 is 9.64 Å². The van der Waals surface area contributed by atoms with Crippen LogP contribution in [-0.4, -0.2) is 46.3 Å². The number of likely N-dealkylation sites (tertiary alicyclic amines) is 1. The second kappa shape index (κ2) is 7.72. The number of piperidine rings is 1. The van der Waals surface area contributed by atoms with Crippen molar-refractivity contribution in [3.8, 4) is 5.69 Å². The van der Waals surface area contributed by atoms with Gasteiger partial charge in [0.1, 0.15) is 5.56 Å². The van der Waals surface area contributed by atoms with E-state index in [0.717, 1.165) is 31.6 Å². The van der Waals surface area contributed by atoms with E-state index in [2.05, 4.69) is 12.0 Å². The molecule has 6 nitrogen and oxygen atoms in total. The van der Waals surface area contributed by atoms with Gasteiger partial charge in [-0.05, 0) is 44.7 Å². The van der Waals surface area contributed by atoms with E-state index in [-0.39, 0.29) is 12.5 Å². The van der Waals surface area contributed by atoms with Gasteiger partial charge >= 0.3 is 5.97 Å². The summed E-state index contributed by atoms with van der Waals surface area (Å²) in [5, 5.41) is 4.45. The Balaban J connectivity index is 1.68. The van der Waals surface area contributed by atoms with Gasteiger partial charge in [0.25, 0.3) is 5.91 Å². The largest absolute Gasteiger partial charge is 0.452 e. The molecule has 138 valence electrons. The average molecular weight is 355 g/mol. The Morgan fingerprint density at radius 3 is 2.65 bits per heavy atom. The summed E-state index contributed by atoms with van der Waals surface area (Å²) in [7, 11) is 0. The Morgan fingerprint density at radius 1 is 1.23 bits per heavy atom. The molecule has 3 rings (SSSR count). The number of amides is 1. The Kier molecular flexibility index (Phi) is 5.40. The van der Waals surface area contributed by atoms with Crippen molar-refractivity contribution in [1.29, 1.82) is 0 Å². The Labute approximate surface area is 153 Å². The SMILES string of the molecule is Cc1nn(-c2ccccc2)c(C)c1C(=O)OCC(=O)N1CCC[C@@H](C)C1. The highest BCUT2D eigenvalue weighted by Gasteiger charge is 2.24. The molecule has 1 atom stereocenters. The van der Waals surface area contributed by atoms with E-state index in [0.29, 0.717) is 22.9 Å². The maximum absolute atomic E-state index is 12.5. The third kappa shape index (κ3) is 3.79. The van der Waals surface area contributed by atoms with Crippen molar-refractivity contribution in [3.63, 3.8) is 0 Å². The first-order chi connectivity index (χ1) is 12.5. The lowest BCUT2D eigenvalue weighted by Crippen LogP contribution is -2.41. The fourth-order valence-electron chi connectivity index (χ4n) is 3.47. The molecule has 0 N–H and O–H groups in total. The van der Waals surface area contributed by atoms with E-state index < -0.39 is 5.97 Å². The number of benzene rings is 1. The van der Waals surface area contributed by atoms with Gasteiger partial charge in [-0.2, -0.15) is 5.10 Å². The van der Waals surface area contributed by atoms with Crippen molar-refractivity contribution < 1.29 is 14.3 Å². The number of carbonyl (C=O) groups excluding carboxylic acids is 2. The van der Waals surface area contributed by atoms with Crippen LogP contribution in [0.4, 0.5) is 0 Å². The summed E-state index contributed by atoms with van der Waals surface area (Å²) < 4.78 is 7.03. The molecule has 1 amide bonds. The molecule has 26 heavy (non-hydrogen) atoms. The molecule has 2 aromatic rings. The lowest BCUT2D eigenvalue weighted by Gasteiger charge is -2.30. The van der Waals surface area contributed by atoms with Crippen LogP contribution in [-0.2, 0) is 9.53 Å². The van der Waals surface area contributed by atoms with Crippen molar-refractivity contribution in [1.82, 2.24) is 14.7 Å². The monoisotopic (exact) mass is 355 g/mol. The molecule has 2 heterocycles. The second-order valence-corrected chi connectivity index (χ2v) is 6.96. The zero-order valence-electron chi connectivity index (χ0n) is 15.6. The zero-order chi connectivity index (χ0) is 18.7. The third-order valence-corrected chi connectivity index (χ3v) is 4.83. The van der Waals surface area contributed by atoms with Crippen LogP contribution in [0.15, 0.2) is 30.3 Å². The molecule has 6 heteroatoms. The van der Waals surface area contributed by atoms with Crippen LogP contribution in [0.1, 0.15) is 41.5 Å². The van der Waals surface area contributed by atoms with Gasteiger partial charge in [0, 0.05) is 13.1 Å². The van der Waals surface area contributed by atoms with Crippen LogP contribution in [0.3, 0.4) is 0 Å². The van der Waals surface area contributed by atoms with Crippen molar-refractivity contribution in [3.05, 3.63) is 47.3 Å². The Morgan fingerprint density at radius 2 is 1.96 bits per heavy atom. The molecule has 1 aliphatic rings. The summed E-state index contributed by atoms with van der Waals surface area (Å²) in [6.45, 7) is 7.00. The topological polar surface area (TPSA) is 64.4 Å². The number of para-hydroxylation sites is 1. The fraction of sp³-hybridized carbons (Fsp3) is 0.450.